The zero-order valence-electron chi connectivity index (χ0n) is 8.87. The van der Waals surface area contributed by atoms with E-state index in [9.17, 15) is 4.79 Å². The number of nitrogens with zero attached hydrogens (tertiary/aromatic N) is 1. The van der Waals surface area contributed by atoms with Crippen LogP contribution in [0.4, 0.5) is 0 Å². The highest BCUT2D eigenvalue weighted by Crippen LogP contribution is 2.12. The summed E-state index contributed by atoms with van der Waals surface area (Å²) in [5, 5.41) is 9.03. The van der Waals surface area contributed by atoms with Gasteiger partial charge in [-0.3, -0.25) is 4.79 Å². The van der Waals surface area contributed by atoms with Gasteiger partial charge in [0.25, 0.3) is 0 Å². The van der Waals surface area contributed by atoms with E-state index in [1.807, 2.05) is 6.92 Å². The van der Waals surface area contributed by atoms with Crippen molar-refractivity contribution < 1.29 is 9.90 Å². The Kier molecular flexibility index (Phi) is 4.36. The number of likely N-dealkylation sites (N-methyl/N-ethyl adjacent to an activating group) is 1. The Morgan fingerprint density at radius 1 is 1.62 bits per heavy atom. The Hall–Kier alpha value is -0.610. The van der Waals surface area contributed by atoms with Crippen molar-refractivity contribution in [2.24, 2.45) is 5.73 Å². The maximum Gasteiger partial charge on any atom is 0.239 e. The fourth-order valence-electron chi connectivity index (χ4n) is 0.828. The van der Waals surface area contributed by atoms with Crippen LogP contribution in [0.3, 0.4) is 0 Å². The normalized spacial score (nSPS) is 14.0. The Bertz CT molecular complexity index is 180. The Balaban J connectivity index is 4.42. The minimum Gasteiger partial charge on any atom is -0.394 e. The maximum absolute atomic E-state index is 11.6. The van der Waals surface area contributed by atoms with Crippen LogP contribution in [0.1, 0.15) is 27.2 Å². The van der Waals surface area contributed by atoms with Crippen LogP contribution < -0.4 is 5.73 Å². The van der Waals surface area contributed by atoms with Crippen molar-refractivity contribution >= 4 is 5.91 Å². The molecule has 0 rings (SSSR count). The summed E-state index contributed by atoms with van der Waals surface area (Å²) in [5.74, 6) is -0.124. The minimum absolute atomic E-state index is 0.0638. The molecule has 4 nitrogen and oxygen atoms in total. The van der Waals surface area contributed by atoms with Crippen LogP contribution in [0.2, 0.25) is 0 Å². The average molecular weight is 188 g/mol. The van der Waals surface area contributed by atoms with Gasteiger partial charge in [0.2, 0.25) is 5.91 Å². The van der Waals surface area contributed by atoms with Gasteiger partial charge in [0.1, 0.15) is 0 Å². The largest absolute Gasteiger partial charge is 0.394 e. The first-order valence-electron chi connectivity index (χ1n) is 4.51. The zero-order chi connectivity index (χ0) is 10.6. The van der Waals surface area contributed by atoms with Crippen molar-refractivity contribution in [1.82, 2.24) is 4.90 Å². The maximum atomic E-state index is 11.6. The van der Waals surface area contributed by atoms with E-state index < -0.39 is 11.6 Å². The standard InChI is InChI=1S/C9H20N2O2/c1-5-7(10)8(13)11(4)9(2,3)6-12/h7,12H,5-6,10H2,1-4H3/t7-/m1/s1. The number of rotatable bonds is 4. The van der Waals surface area contributed by atoms with E-state index in [1.54, 1.807) is 20.9 Å². The third-order valence-corrected chi connectivity index (χ3v) is 2.38. The highest BCUT2D eigenvalue weighted by molar-refractivity contribution is 5.82. The van der Waals surface area contributed by atoms with Gasteiger partial charge in [-0.1, -0.05) is 6.92 Å². The van der Waals surface area contributed by atoms with Crippen molar-refractivity contribution in [2.75, 3.05) is 13.7 Å². The molecule has 0 unspecified atom stereocenters. The summed E-state index contributed by atoms with van der Waals surface area (Å²) in [6.45, 7) is 5.40. The van der Waals surface area contributed by atoms with Crippen LogP contribution in [-0.4, -0.2) is 41.1 Å². The quantitative estimate of drug-likeness (QED) is 0.650. The molecule has 0 aromatic heterocycles. The molecule has 0 aromatic carbocycles. The van der Waals surface area contributed by atoms with Gasteiger partial charge in [0, 0.05) is 7.05 Å². The van der Waals surface area contributed by atoms with Crippen molar-refractivity contribution in [2.45, 2.75) is 38.8 Å². The predicted molar refractivity (Wildman–Crippen MR) is 52.2 cm³/mol. The summed E-state index contributed by atoms with van der Waals surface area (Å²) in [6.07, 6.45) is 0.616. The van der Waals surface area contributed by atoms with Gasteiger partial charge in [-0.05, 0) is 20.3 Å². The number of aliphatic hydroxyl groups is 1. The lowest BCUT2D eigenvalue weighted by molar-refractivity contribution is -0.137. The van der Waals surface area contributed by atoms with E-state index in [0.717, 1.165) is 0 Å². The summed E-state index contributed by atoms with van der Waals surface area (Å²) >= 11 is 0. The topological polar surface area (TPSA) is 66.6 Å². The van der Waals surface area contributed by atoms with E-state index in [0.29, 0.717) is 6.42 Å². The lowest BCUT2D eigenvalue weighted by Crippen LogP contribution is -2.53. The molecule has 0 saturated heterocycles. The van der Waals surface area contributed by atoms with E-state index in [2.05, 4.69) is 0 Å². The second-order valence-corrected chi connectivity index (χ2v) is 3.88. The molecule has 1 amide bonds. The molecular weight excluding hydrogens is 168 g/mol. The van der Waals surface area contributed by atoms with Crippen LogP contribution in [0.25, 0.3) is 0 Å². The van der Waals surface area contributed by atoms with Gasteiger partial charge in [0.15, 0.2) is 0 Å². The third-order valence-electron chi connectivity index (χ3n) is 2.38. The van der Waals surface area contributed by atoms with Crippen molar-refractivity contribution in [1.29, 1.82) is 0 Å². The van der Waals surface area contributed by atoms with E-state index in [-0.39, 0.29) is 12.5 Å². The molecule has 0 saturated carbocycles. The van der Waals surface area contributed by atoms with Gasteiger partial charge in [-0.2, -0.15) is 0 Å². The van der Waals surface area contributed by atoms with Crippen molar-refractivity contribution in [3.05, 3.63) is 0 Å². The van der Waals surface area contributed by atoms with E-state index in [4.69, 9.17) is 10.8 Å². The minimum atomic E-state index is -0.538. The van der Waals surface area contributed by atoms with Crippen LogP contribution >= 0.6 is 0 Å². The number of hydrogen-bond acceptors (Lipinski definition) is 3. The molecule has 0 aliphatic heterocycles. The second-order valence-electron chi connectivity index (χ2n) is 3.88. The molecular formula is C9H20N2O2. The fraction of sp³-hybridized carbons (Fsp3) is 0.889. The molecule has 0 aromatic rings. The predicted octanol–water partition coefficient (Wildman–Crippen LogP) is -0.0470. The zero-order valence-corrected chi connectivity index (χ0v) is 8.87. The summed E-state index contributed by atoms with van der Waals surface area (Å²) in [5.41, 5.74) is 5.06. The highest BCUT2D eigenvalue weighted by Gasteiger charge is 2.29. The Morgan fingerprint density at radius 3 is 2.38 bits per heavy atom. The summed E-state index contributed by atoms with van der Waals surface area (Å²) < 4.78 is 0. The molecule has 0 bridgehead atoms. The number of hydrogen-bond donors (Lipinski definition) is 2. The molecule has 0 fully saturated rings. The molecule has 0 heterocycles. The Labute approximate surface area is 79.7 Å². The van der Waals surface area contributed by atoms with Crippen LogP contribution in [0, 0.1) is 0 Å². The number of aliphatic hydroxyl groups excluding tert-OH is 1. The van der Waals surface area contributed by atoms with Gasteiger partial charge >= 0.3 is 0 Å². The molecule has 0 aliphatic rings. The summed E-state index contributed by atoms with van der Waals surface area (Å²) in [4.78, 5) is 13.1. The van der Waals surface area contributed by atoms with Gasteiger partial charge in [0.05, 0.1) is 18.2 Å². The van der Waals surface area contributed by atoms with Crippen LogP contribution in [0.15, 0.2) is 0 Å². The molecule has 0 spiro atoms. The Morgan fingerprint density at radius 2 is 2.08 bits per heavy atom. The van der Waals surface area contributed by atoms with E-state index >= 15 is 0 Å². The van der Waals surface area contributed by atoms with E-state index in [1.165, 1.54) is 4.90 Å². The lowest BCUT2D eigenvalue weighted by Gasteiger charge is -2.35. The lowest BCUT2D eigenvalue weighted by atomic mass is 10.0. The summed E-state index contributed by atoms with van der Waals surface area (Å²) in [6, 6.07) is -0.462. The van der Waals surface area contributed by atoms with Crippen LogP contribution in [-0.2, 0) is 4.79 Å². The molecule has 13 heavy (non-hydrogen) atoms. The SMILES string of the molecule is CC[C@@H](N)C(=O)N(C)C(C)(C)CO. The average Bonchev–Trinajstić information content (AvgIpc) is 2.14. The van der Waals surface area contributed by atoms with Crippen molar-refractivity contribution in [3.8, 4) is 0 Å². The second kappa shape index (κ2) is 4.58. The molecule has 0 aliphatic carbocycles. The molecule has 4 heteroatoms. The van der Waals surface area contributed by atoms with Crippen molar-refractivity contribution in [3.63, 3.8) is 0 Å². The highest BCUT2D eigenvalue weighted by atomic mass is 16.3. The van der Waals surface area contributed by atoms with Gasteiger partial charge < -0.3 is 15.7 Å². The first kappa shape index (κ1) is 12.4. The number of carbonyl (C=O) groups excluding carboxylic acids is 1. The molecule has 3 N–H and O–H groups in total. The van der Waals surface area contributed by atoms with Gasteiger partial charge in [-0.15, -0.1) is 0 Å². The molecule has 0 radical (unpaired) electrons. The van der Waals surface area contributed by atoms with Crippen LogP contribution in [0.5, 0.6) is 0 Å². The van der Waals surface area contributed by atoms with Gasteiger partial charge in [-0.25, -0.2) is 0 Å². The smallest absolute Gasteiger partial charge is 0.239 e. The monoisotopic (exact) mass is 188 g/mol. The third kappa shape index (κ3) is 2.97. The first-order valence-corrected chi connectivity index (χ1v) is 4.51. The molecule has 1 atom stereocenters. The first-order chi connectivity index (χ1) is 5.86. The number of carbonyl (C=O) groups is 1. The molecule has 78 valence electrons. The number of amides is 1. The fourth-order valence-corrected chi connectivity index (χ4v) is 0.828. The summed E-state index contributed by atoms with van der Waals surface area (Å²) in [7, 11) is 1.66. The number of nitrogens with two attached hydrogens (primary N) is 1.